The molecule has 7 nitrogen and oxygen atoms in total. The third-order valence-electron chi connectivity index (χ3n) is 3.90. The Labute approximate surface area is 138 Å². The van der Waals surface area contributed by atoms with Gasteiger partial charge in [-0.05, 0) is 12.7 Å². The predicted octanol–water partition coefficient (Wildman–Crippen LogP) is 1.57. The molecule has 0 aliphatic carbocycles. The number of morpholine rings is 1. The lowest BCUT2D eigenvalue weighted by atomic mass is 10.3. The number of ether oxygens (including phenoxy) is 1. The van der Waals surface area contributed by atoms with Crippen LogP contribution in [-0.2, 0) is 4.74 Å². The molecule has 22 heavy (non-hydrogen) atoms. The van der Waals surface area contributed by atoms with Gasteiger partial charge in [0.2, 0.25) is 5.13 Å². The molecule has 0 bridgehead atoms. The predicted molar refractivity (Wildman–Crippen MR) is 87.6 cm³/mol. The zero-order valence-electron chi connectivity index (χ0n) is 12.9. The van der Waals surface area contributed by atoms with Crippen LogP contribution in [0.2, 0.25) is 0 Å². The zero-order chi connectivity index (χ0) is 15.5. The van der Waals surface area contributed by atoms with Gasteiger partial charge in [0.25, 0.3) is 0 Å². The van der Waals surface area contributed by atoms with Crippen LogP contribution in [0.5, 0.6) is 0 Å². The van der Waals surface area contributed by atoms with Crippen LogP contribution < -0.4 is 4.90 Å². The van der Waals surface area contributed by atoms with E-state index in [1.165, 1.54) is 11.3 Å². The molecule has 1 aromatic rings. The van der Waals surface area contributed by atoms with Crippen molar-refractivity contribution in [2.45, 2.75) is 23.8 Å². The highest BCUT2D eigenvalue weighted by Gasteiger charge is 2.43. The highest BCUT2D eigenvalue weighted by molar-refractivity contribution is 8.00. The fourth-order valence-corrected chi connectivity index (χ4v) is 4.14. The van der Waals surface area contributed by atoms with Crippen LogP contribution in [0.15, 0.2) is 4.34 Å². The Morgan fingerprint density at radius 3 is 2.77 bits per heavy atom. The molecule has 0 aromatic carbocycles. The van der Waals surface area contributed by atoms with E-state index in [1.54, 1.807) is 11.8 Å². The maximum Gasteiger partial charge on any atom is 0.327 e. The molecule has 2 fully saturated rings. The van der Waals surface area contributed by atoms with Crippen molar-refractivity contribution in [3.05, 3.63) is 0 Å². The molecule has 1 aromatic heterocycles. The second-order valence-corrected chi connectivity index (χ2v) is 7.29. The van der Waals surface area contributed by atoms with E-state index >= 15 is 0 Å². The first-order valence-electron chi connectivity index (χ1n) is 7.52. The second kappa shape index (κ2) is 7.12. The Balaban J connectivity index is 1.85. The van der Waals surface area contributed by atoms with Crippen LogP contribution in [0.3, 0.4) is 0 Å². The van der Waals surface area contributed by atoms with E-state index in [9.17, 15) is 4.79 Å². The quantitative estimate of drug-likeness (QED) is 0.597. The van der Waals surface area contributed by atoms with Gasteiger partial charge in [-0.3, -0.25) is 4.90 Å². The Morgan fingerprint density at radius 2 is 2.14 bits per heavy atom. The fraction of sp³-hybridized carbons (Fsp3) is 0.769. The number of hydrogen-bond acceptors (Lipinski definition) is 7. The molecule has 2 amide bonds. The minimum absolute atomic E-state index is 0.0330. The smallest absolute Gasteiger partial charge is 0.327 e. The molecular formula is C13H21N5O2S2. The molecule has 2 saturated heterocycles. The lowest BCUT2D eigenvalue weighted by Crippen LogP contribution is -2.51. The van der Waals surface area contributed by atoms with Crippen LogP contribution in [0.1, 0.15) is 13.3 Å². The fourth-order valence-electron chi connectivity index (χ4n) is 2.84. The highest BCUT2D eigenvalue weighted by atomic mass is 32.2. The molecule has 3 heterocycles. The largest absolute Gasteiger partial charge is 0.379 e. The molecular weight excluding hydrogens is 322 g/mol. The standard InChI is InChI=1S/C13H21N5O2S2/c1-3-4-17-9-10(16-5-7-20-8-6-16)18(13(17)19)11-14-15-12(21-2)22-11/h10H,3-9H2,1-2H3. The van der Waals surface area contributed by atoms with Crippen molar-refractivity contribution in [3.8, 4) is 0 Å². The number of thioether (sulfide) groups is 1. The van der Waals surface area contributed by atoms with Gasteiger partial charge in [0, 0.05) is 19.6 Å². The summed E-state index contributed by atoms with van der Waals surface area (Å²) in [5, 5.41) is 9.07. The molecule has 3 rings (SSSR count). The molecule has 9 heteroatoms. The van der Waals surface area contributed by atoms with Gasteiger partial charge < -0.3 is 9.64 Å². The molecule has 0 spiro atoms. The average Bonchev–Trinajstić information content (AvgIpc) is 3.14. The highest BCUT2D eigenvalue weighted by Crippen LogP contribution is 2.32. The van der Waals surface area contributed by atoms with E-state index in [0.29, 0.717) is 5.13 Å². The SMILES string of the molecule is CCCN1CC(N2CCOCC2)N(c2nnc(SC)s2)C1=O. The Hall–Kier alpha value is -0.900. The van der Waals surface area contributed by atoms with Gasteiger partial charge in [-0.15, -0.1) is 10.2 Å². The number of urea groups is 1. The van der Waals surface area contributed by atoms with Crippen LogP contribution in [-0.4, -0.2) is 77.8 Å². The number of hydrogen-bond donors (Lipinski definition) is 0. The van der Waals surface area contributed by atoms with E-state index in [0.717, 1.165) is 50.2 Å². The van der Waals surface area contributed by atoms with E-state index in [-0.39, 0.29) is 12.2 Å². The van der Waals surface area contributed by atoms with Gasteiger partial charge in [0.05, 0.1) is 19.8 Å². The van der Waals surface area contributed by atoms with Crippen molar-refractivity contribution in [3.63, 3.8) is 0 Å². The summed E-state index contributed by atoms with van der Waals surface area (Å²) >= 11 is 3.04. The summed E-state index contributed by atoms with van der Waals surface area (Å²) in [4.78, 5) is 18.8. The van der Waals surface area contributed by atoms with E-state index in [2.05, 4.69) is 22.0 Å². The van der Waals surface area contributed by atoms with Gasteiger partial charge in [-0.25, -0.2) is 9.69 Å². The van der Waals surface area contributed by atoms with E-state index in [4.69, 9.17) is 4.74 Å². The minimum Gasteiger partial charge on any atom is -0.379 e. The maximum absolute atomic E-state index is 12.8. The first-order chi connectivity index (χ1) is 10.7. The topological polar surface area (TPSA) is 61.8 Å². The van der Waals surface area contributed by atoms with Crippen LogP contribution >= 0.6 is 23.1 Å². The first kappa shape index (κ1) is 16.0. The minimum atomic E-state index is 0.0330. The second-order valence-electron chi connectivity index (χ2n) is 5.28. The summed E-state index contributed by atoms with van der Waals surface area (Å²) in [7, 11) is 0. The van der Waals surface area contributed by atoms with Crippen molar-refractivity contribution >= 4 is 34.3 Å². The van der Waals surface area contributed by atoms with Gasteiger partial charge >= 0.3 is 6.03 Å². The Bertz CT molecular complexity index is 520. The number of anilines is 1. The van der Waals surface area contributed by atoms with Gasteiger partial charge in [0.1, 0.15) is 6.17 Å². The maximum atomic E-state index is 12.8. The van der Waals surface area contributed by atoms with Crippen molar-refractivity contribution in [2.75, 3.05) is 50.5 Å². The summed E-state index contributed by atoms with van der Waals surface area (Å²) in [5.41, 5.74) is 0. The lowest BCUT2D eigenvalue weighted by molar-refractivity contribution is 0.0189. The molecule has 1 atom stereocenters. The van der Waals surface area contributed by atoms with Gasteiger partial charge in [-0.2, -0.15) is 0 Å². The van der Waals surface area contributed by atoms with E-state index < -0.39 is 0 Å². The average molecular weight is 343 g/mol. The van der Waals surface area contributed by atoms with Gasteiger partial charge in [-0.1, -0.05) is 30.0 Å². The number of rotatable bonds is 5. The number of nitrogens with zero attached hydrogens (tertiary/aromatic N) is 5. The molecule has 1 unspecified atom stereocenters. The monoisotopic (exact) mass is 343 g/mol. The number of amides is 2. The summed E-state index contributed by atoms with van der Waals surface area (Å²) < 4.78 is 6.32. The molecule has 0 saturated carbocycles. The third kappa shape index (κ3) is 3.08. The zero-order valence-corrected chi connectivity index (χ0v) is 14.5. The van der Waals surface area contributed by atoms with Crippen molar-refractivity contribution < 1.29 is 9.53 Å². The molecule has 122 valence electrons. The van der Waals surface area contributed by atoms with Gasteiger partial charge in [0.15, 0.2) is 4.34 Å². The van der Waals surface area contributed by atoms with Crippen molar-refractivity contribution in [1.29, 1.82) is 0 Å². The number of carbonyl (C=O) groups excluding carboxylic acids is 1. The van der Waals surface area contributed by atoms with Crippen LogP contribution in [0.4, 0.5) is 9.93 Å². The normalized spacial score (nSPS) is 23.5. The summed E-state index contributed by atoms with van der Waals surface area (Å²) in [6, 6.07) is 0.0437. The number of carbonyl (C=O) groups is 1. The Morgan fingerprint density at radius 1 is 1.36 bits per heavy atom. The molecule has 2 aliphatic rings. The summed E-state index contributed by atoms with van der Waals surface area (Å²) in [5.74, 6) is 0. The van der Waals surface area contributed by atoms with Crippen LogP contribution in [0, 0.1) is 0 Å². The van der Waals surface area contributed by atoms with Crippen molar-refractivity contribution in [2.24, 2.45) is 0 Å². The van der Waals surface area contributed by atoms with Crippen molar-refractivity contribution in [1.82, 2.24) is 20.0 Å². The Kier molecular flexibility index (Phi) is 5.17. The molecule has 2 aliphatic heterocycles. The summed E-state index contributed by atoms with van der Waals surface area (Å²) in [6.07, 6.45) is 2.96. The summed E-state index contributed by atoms with van der Waals surface area (Å²) in [6.45, 7) is 6.74. The van der Waals surface area contributed by atoms with Crippen LogP contribution in [0.25, 0.3) is 0 Å². The third-order valence-corrected chi connectivity index (χ3v) is 5.79. The lowest BCUT2D eigenvalue weighted by Gasteiger charge is -2.34. The van der Waals surface area contributed by atoms with E-state index in [1.807, 2.05) is 16.1 Å². The molecule has 0 N–H and O–H groups in total. The number of aromatic nitrogens is 2. The first-order valence-corrected chi connectivity index (χ1v) is 9.56. The molecule has 0 radical (unpaired) electrons.